The van der Waals surface area contributed by atoms with Crippen molar-refractivity contribution in [2.75, 3.05) is 26.2 Å². The first kappa shape index (κ1) is 23.4. The number of halogens is 1. The van der Waals surface area contributed by atoms with Crippen LogP contribution in [-0.2, 0) is 9.53 Å². The second kappa shape index (κ2) is 11.9. The smallest absolute Gasteiger partial charge is 0.216 e. The summed E-state index contributed by atoms with van der Waals surface area (Å²) >= 11 is 0. The summed E-state index contributed by atoms with van der Waals surface area (Å²) in [5.74, 6) is 0.803. The van der Waals surface area contributed by atoms with E-state index in [2.05, 4.69) is 48.6 Å². The molecule has 0 spiro atoms. The molecule has 3 N–H and O–H groups in total. The standard InChI is InChI=1S/C17H34N4O2.HI/c1-6-17(7-2)14(12-15(17)23-9-4)21-16(18-8-3)20-11-10-19-13(5)22;/h14-15H,6-12H2,1-5H3,(H,19,22)(H2,18,20,21);1H. The second-order valence-corrected chi connectivity index (χ2v) is 6.06. The van der Waals surface area contributed by atoms with Crippen molar-refractivity contribution in [3.8, 4) is 0 Å². The monoisotopic (exact) mass is 454 g/mol. The molecular formula is C17H35IN4O2. The third-order valence-corrected chi connectivity index (χ3v) is 4.88. The zero-order valence-electron chi connectivity index (χ0n) is 15.8. The van der Waals surface area contributed by atoms with E-state index in [0.717, 1.165) is 38.4 Å². The Morgan fingerprint density at radius 1 is 1.21 bits per heavy atom. The Bertz CT molecular complexity index is 400. The van der Waals surface area contributed by atoms with Crippen LogP contribution >= 0.6 is 24.0 Å². The van der Waals surface area contributed by atoms with E-state index in [1.807, 2.05) is 0 Å². The number of carbonyl (C=O) groups excluding carboxylic acids is 1. The minimum absolute atomic E-state index is 0. The number of amides is 1. The summed E-state index contributed by atoms with van der Waals surface area (Å²) in [4.78, 5) is 15.5. The number of rotatable bonds is 9. The summed E-state index contributed by atoms with van der Waals surface area (Å²) in [7, 11) is 0. The maximum atomic E-state index is 10.9. The Kier molecular flexibility index (Phi) is 11.6. The van der Waals surface area contributed by atoms with Crippen LogP contribution in [0.3, 0.4) is 0 Å². The van der Waals surface area contributed by atoms with Gasteiger partial charge >= 0.3 is 0 Å². The molecule has 1 aliphatic carbocycles. The van der Waals surface area contributed by atoms with Crippen molar-refractivity contribution in [2.45, 2.75) is 66.0 Å². The number of aliphatic imine (C=N–C) groups is 1. The molecule has 2 atom stereocenters. The number of carbonyl (C=O) groups is 1. The van der Waals surface area contributed by atoms with E-state index in [1.165, 1.54) is 6.92 Å². The van der Waals surface area contributed by atoms with Crippen molar-refractivity contribution < 1.29 is 9.53 Å². The van der Waals surface area contributed by atoms with Gasteiger partial charge in [0.15, 0.2) is 5.96 Å². The van der Waals surface area contributed by atoms with Gasteiger partial charge in [0.05, 0.1) is 12.6 Å². The van der Waals surface area contributed by atoms with Crippen LogP contribution in [0, 0.1) is 5.41 Å². The summed E-state index contributed by atoms with van der Waals surface area (Å²) in [5, 5.41) is 9.62. The van der Waals surface area contributed by atoms with Crippen LogP contribution in [0.4, 0.5) is 0 Å². The maximum absolute atomic E-state index is 10.9. The zero-order valence-corrected chi connectivity index (χ0v) is 18.1. The van der Waals surface area contributed by atoms with E-state index in [0.29, 0.717) is 25.2 Å². The van der Waals surface area contributed by atoms with E-state index in [1.54, 1.807) is 0 Å². The Balaban J connectivity index is 0.00000529. The minimum atomic E-state index is -0.0207. The van der Waals surface area contributed by atoms with Crippen molar-refractivity contribution >= 4 is 35.8 Å². The second-order valence-electron chi connectivity index (χ2n) is 6.06. The SMILES string of the molecule is CCNC(=NCCNC(C)=O)NC1CC(OCC)C1(CC)CC.I. The average molecular weight is 454 g/mol. The summed E-state index contributed by atoms with van der Waals surface area (Å²) in [6.45, 7) is 12.8. The van der Waals surface area contributed by atoms with Crippen molar-refractivity contribution in [3.63, 3.8) is 0 Å². The summed E-state index contributed by atoms with van der Waals surface area (Å²) in [6.07, 6.45) is 3.54. The van der Waals surface area contributed by atoms with Crippen molar-refractivity contribution in [1.82, 2.24) is 16.0 Å². The van der Waals surface area contributed by atoms with Gasteiger partial charge in [-0.1, -0.05) is 13.8 Å². The van der Waals surface area contributed by atoms with Crippen LogP contribution in [0.5, 0.6) is 0 Å². The molecule has 0 aliphatic heterocycles. The molecule has 7 heteroatoms. The van der Waals surface area contributed by atoms with Gasteiger partial charge in [0.25, 0.3) is 0 Å². The van der Waals surface area contributed by atoms with Gasteiger partial charge in [0.2, 0.25) is 5.91 Å². The maximum Gasteiger partial charge on any atom is 0.216 e. The van der Waals surface area contributed by atoms with Crippen LogP contribution in [0.15, 0.2) is 4.99 Å². The number of nitrogens with zero attached hydrogens (tertiary/aromatic N) is 1. The molecule has 1 aliphatic rings. The predicted molar refractivity (Wildman–Crippen MR) is 110 cm³/mol. The Labute approximate surface area is 164 Å². The third kappa shape index (κ3) is 6.06. The summed E-state index contributed by atoms with van der Waals surface area (Å²) < 4.78 is 5.92. The lowest BCUT2D eigenvalue weighted by Crippen LogP contribution is -2.65. The fourth-order valence-electron chi connectivity index (χ4n) is 3.47. The van der Waals surface area contributed by atoms with Crippen molar-refractivity contribution in [2.24, 2.45) is 10.4 Å². The fourth-order valence-corrected chi connectivity index (χ4v) is 3.47. The normalized spacial score (nSPS) is 22.1. The lowest BCUT2D eigenvalue weighted by molar-refractivity contribution is -0.133. The van der Waals surface area contributed by atoms with E-state index in [4.69, 9.17) is 4.74 Å². The summed E-state index contributed by atoms with van der Waals surface area (Å²) in [6, 6.07) is 0.382. The largest absolute Gasteiger partial charge is 0.378 e. The molecule has 142 valence electrons. The van der Waals surface area contributed by atoms with Gasteiger partial charge in [0, 0.05) is 38.1 Å². The van der Waals surface area contributed by atoms with Gasteiger partial charge in [0.1, 0.15) is 0 Å². The highest BCUT2D eigenvalue weighted by molar-refractivity contribution is 14.0. The van der Waals surface area contributed by atoms with Gasteiger partial charge < -0.3 is 20.7 Å². The predicted octanol–water partition coefficient (Wildman–Crippen LogP) is 2.28. The van der Waals surface area contributed by atoms with E-state index in [9.17, 15) is 4.79 Å². The van der Waals surface area contributed by atoms with Crippen molar-refractivity contribution in [3.05, 3.63) is 0 Å². The molecule has 0 saturated heterocycles. The van der Waals surface area contributed by atoms with Crippen LogP contribution in [0.25, 0.3) is 0 Å². The van der Waals surface area contributed by atoms with Gasteiger partial charge in [-0.25, -0.2) is 0 Å². The average Bonchev–Trinajstić information content (AvgIpc) is 2.51. The molecule has 0 aromatic carbocycles. The first-order valence-electron chi connectivity index (χ1n) is 8.94. The topological polar surface area (TPSA) is 74.8 Å². The lowest BCUT2D eigenvalue weighted by Gasteiger charge is -2.55. The molecule has 1 amide bonds. The minimum Gasteiger partial charge on any atom is -0.378 e. The number of hydrogen-bond donors (Lipinski definition) is 3. The van der Waals surface area contributed by atoms with Gasteiger partial charge in [-0.15, -0.1) is 24.0 Å². The van der Waals surface area contributed by atoms with Crippen LogP contribution < -0.4 is 16.0 Å². The third-order valence-electron chi connectivity index (χ3n) is 4.88. The quantitative estimate of drug-likeness (QED) is 0.216. The van der Waals surface area contributed by atoms with Gasteiger partial charge in [-0.2, -0.15) is 0 Å². The van der Waals surface area contributed by atoms with E-state index < -0.39 is 0 Å². The first-order valence-corrected chi connectivity index (χ1v) is 8.94. The molecule has 1 fully saturated rings. The molecule has 0 heterocycles. The Morgan fingerprint density at radius 2 is 1.88 bits per heavy atom. The highest BCUT2D eigenvalue weighted by Crippen LogP contribution is 2.48. The lowest BCUT2D eigenvalue weighted by atomic mass is 9.58. The Morgan fingerprint density at radius 3 is 2.38 bits per heavy atom. The number of guanidine groups is 1. The molecule has 24 heavy (non-hydrogen) atoms. The highest BCUT2D eigenvalue weighted by atomic mass is 127. The highest BCUT2D eigenvalue weighted by Gasteiger charge is 2.53. The molecule has 6 nitrogen and oxygen atoms in total. The number of hydrogen-bond acceptors (Lipinski definition) is 3. The zero-order chi connectivity index (χ0) is 17.3. The fraction of sp³-hybridized carbons (Fsp3) is 0.882. The van der Waals surface area contributed by atoms with Crippen LogP contribution in [-0.4, -0.2) is 50.3 Å². The molecule has 0 radical (unpaired) electrons. The van der Waals surface area contributed by atoms with Crippen LogP contribution in [0.1, 0.15) is 53.9 Å². The van der Waals surface area contributed by atoms with Gasteiger partial charge in [-0.3, -0.25) is 9.79 Å². The Hall–Kier alpha value is -0.570. The molecule has 0 aromatic heterocycles. The number of nitrogens with one attached hydrogen (secondary N) is 3. The molecule has 2 unspecified atom stereocenters. The first-order chi connectivity index (χ1) is 11.0. The van der Waals surface area contributed by atoms with Crippen LogP contribution in [0.2, 0.25) is 0 Å². The van der Waals surface area contributed by atoms with Gasteiger partial charge in [-0.05, 0) is 33.1 Å². The summed E-state index contributed by atoms with van der Waals surface area (Å²) in [5.41, 5.74) is 0.184. The van der Waals surface area contributed by atoms with E-state index >= 15 is 0 Å². The van der Waals surface area contributed by atoms with Crippen molar-refractivity contribution in [1.29, 1.82) is 0 Å². The number of ether oxygens (including phenoxy) is 1. The molecule has 1 saturated carbocycles. The molecule has 0 aromatic rings. The molecule has 0 bridgehead atoms. The molecule has 1 rings (SSSR count). The van der Waals surface area contributed by atoms with E-state index in [-0.39, 0.29) is 35.3 Å². The molecular weight excluding hydrogens is 419 g/mol.